The highest BCUT2D eigenvalue weighted by atomic mass is 16.4. The van der Waals surface area contributed by atoms with Crippen molar-refractivity contribution in [3.05, 3.63) is 0 Å². The van der Waals surface area contributed by atoms with E-state index >= 15 is 0 Å². The van der Waals surface area contributed by atoms with E-state index in [4.69, 9.17) is 5.11 Å². The topological polar surface area (TPSA) is 55.8 Å². The quantitative estimate of drug-likeness (QED) is 0.627. The molecule has 1 aliphatic heterocycles. The van der Waals surface area contributed by atoms with Gasteiger partial charge in [0.2, 0.25) is 0 Å². The second kappa shape index (κ2) is 5.61. The van der Waals surface area contributed by atoms with Crippen molar-refractivity contribution in [3.63, 3.8) is 0 Å². The molecule has 94 valence electrons. The molecule has 0 atom stereocenters. The third-order valence-electron chi connectivity index (χ3n) is 3.30. The Morgan fingerprint density at radius 3 is 2.31 bits per heavy atom. The molecule has 0 spiro atoms. The molecule has 1 rings (SSSR count). The first-order valence-corrected chi connectivity index (χ1v) is 5.75. The Labute approximate surface area is 97.4 Å². The SMILES string of the molecule is CN(C)CCCN(C)C1(CC(=O)O)CNC1. The van der Waals surface area contributed by atoms with Crippen LogP contribution in [0.1, 0.15) is 12.8 Å². The predicted molar refractivity (Wildman–Crippen MR) is 63.7 cm³/mol. The van der Waals surface area contributed by atoms with Crippen molar-refractivity contribution >= 4 is 5.97 Å². The van der Waals surface area contributed by atoms with Gasteiger partial charge in [-0.15, -0.1) is 0 Å². The molecule has 0 saturated carbocycles. The Kier molecular flexibility index (Phi) is 4.70. The summed E-state index contributed by atoms with van der Waals surface area (Å²) in [4.78, 5) is 15.2. The maximum atomic E-state index is 10.8. The van der Waals surface area contributed by atoms with Crippen LogP contribution < -0.4 is 5.32 Å². The largest absolute Gasteiger partial charge is 0.481 e. The molecule has 1 aliphatic rings. The molecule has 0 aromatic heterocycles. The van der Waals surface area contributed by atoms with Gasteiger partial charge >= 0.3 is 5.97 Å². The second-order valence-electron chi connectivity index (χ2n) is 4.98. The van der Waals surface area contributed by atoms with E-state index in [0.717, 1.165) is 32.6 Å². The smallest absolute Gasteiger partial charge is 0.305 e. The number of carbonyl (C=O) groups is 1. The van der Waals surface area contributed by atoms with E-state index < -0.39 is 5.97 Å². The van der Waals surface area contributed by atoms with Gasteiger partial charge in [-0.25, -0.2) is 0 Å². The van der Waals surface area contributed by atoms with E-state index in [0.29, 0.717) is 0 Å². The van der Waals surface area contributed by atoms with Gasteiger partial charge in [-0.2, -0.15) is 0 Å². The molecule has 0 radical (unpaired) electrons. The molecule has 1 saturated heterocycles. The van der Waals surface area contributed by atoms with Crippen LogP contribution in [-0.4, -0.2) is 73.7 Å². The van der Waals surface area contributed by atoms with Crippen molar-refractivity contribution in [2.45, 2.75) is 18.4 Å². The van der Waals surface area contributed by atoms with Gasteiger partial charge in [0, 0.05) is 13.1 Å². The van der Waals surface area contributed by atoms with Gasteiger partial charge in [0.1, 0.15) is 0 Å². The lowest BCUT2D eigenvalue weighted by Crippen LogP contribution is -2.68. The van der Waals surface area contributed by atoms with Crippen molar-refractivity contribution in [2.24, 2.45) is 0 Å². The van der Waals surface area contributed by atoms with Crippen molar-refractivity contribution < 1.29 is 9.90 Å². The molecule has 0 bridgehead atoms. The molecular formula is C11H23N3O2. The average molecular weight is 229 g/mol. The zero-order valence-electron chi connectivity index (χ0n) is 10.5. The molecule has 0 amide bonds. The predicted octanol–water partition coefficient (Wildman–Crippen LogP) is -0.313. The molecule has 5 heteroatoms. The Morgan fingerprint density at radius 1 is 1.31 bits per heavy atom. The zero-order chi connectivity index (χ0) is 12.2. The van der Waals surface area contributed by atoms with Crippen molar-refractivity contribution in [1.29, 1.82) is 0 Å². The minimum atomic E-state index is -0.707. The lowest BCUT2D eigenvalue weighted by Gasteiger charge is -2.48. The number of aliphatic carboxylic acids is 1. The Hall–Kier alpha value is -0.650. The maximum Gasteiger partial charge on any atom is 0.305 e. The number of nitrogens with zero attached hydrogens (tertiary/aromatic N) is 2. The molecular weight excluding hydrogens is 206 g/mol. The van der Waals surface area contributed by atoms with E-state index in [1.807, 2.05) is 7.05 Å². The zero-order valence-corrected chi connectivity index (χ0v) is 10.5. The van der Waals surface area contributed by atoms with Crippen molar-refractivity contribution in [2.75, 3.05) is 47.3 Å². The summed E-state index contributed by atoms with van der Waals surface area (Å²) in [7, 11) is 6.13. The fourth-order valence-corrected chi connectivity index (χ4v) is 2.09. The van der Waals surface area contributed by atoms with Crippen molar-refractivity contribution in [1.82, 2.24) is 15.1 Å². The molecule has 0 unspecified atom stereocenters. The van der Waals surface area contributed by atoms with E-state index in [9.17, 15) is 4.79 Å². The van der Waals surface area contributed by atoms with Gasteiger partial charge in [0.05, 0.1) is 12.0 Å². The maximum absolute atomic E-state index is 10.8. The summed E-state index contributed by atoms with van der Waals surface area (Å²) in [5.41, 5.74) is -0.155. The molecule has 1 fully saturated rings. The molecule has 0 aromatic carbocycles. The Morgan fingerprint density at radius 2 is 1.94 bits per heavy atom. The number of hydrogen-bond donors (Lipinski definition) is 2. The van der Waals surface area contributed by atoms with Gasteiger partial charge in [0.25, 0.3) is 0 Å². The fourth-order valence-electron chi connectivity index (χ4n) is 2.09. The molecule has 0 aliphatic carbocycles. The van der Waals surface area contributed by atoms with E-state index in [1.165, 1.54) is 0 Å². The standard InChI is InChI=1S/C11H23N3O2/c1-13(2)5-4-6-14(3)11(7-10(15)16)8-12-9-11/h12H,4-9H2,1-3H3,(H,15,16). The minimum Gasteiger partial charge on any atom is -0.481 e. The summed E-state index contributed by atoms with van der Waals surface area (Å²) >= 11 is 0. The number of hydrogen-bond acceptors (Lipinski definition) is 4. The third-order valence-corrected chi connectivity index (χ3v) is 3.30. The number of likely N-dealkylation sites (N-methyl/N-ethyl adjacent to an activating group) is 1. The Bertz CT molecular complexity index is 239. The minimum absolute atomic E-state index is 0.155. The van der Waals surface area contributed by atoms with Crippen LogP contribution in [0.4, 0.5) is 0 Å². The first-order chi connectivity index (χ1) is 7.46. The van der Waals surface area contributed by atoms with Gasteiger partial charge in [0.15, 0.2) is 0 Å². The fraction of sp³-hybridized carbons (Fsp3) is 0.909. The highest BCUT2D eigenvalue weighted by molar-refractivity contribution is 5.68. The van der Waals surface area contributed by atoms with E-state index in [-0.39, 0.29) is 12.0 Å². The number of carboxylic acids is 1. The lowest BCUT2D eigenvalue weighted by molar-refractivity contribution is -0.141. The van der Waals surface area contributed by atoms with Crippen LogP contribution in [0.25, 0.3) is 0 Å². The Balaban J connectivity index is 2.37. The van der Waals surface area contributed by atoms with Crippen LogP contribution in [0.3, 0.4) is 0 Å². The molecule has 0 aromatic rings. The highest BCUT2D eigenvalue weighted by Gasteiger charge is 2.42. The summed E-state index contributed by atoms with van der Waals surface area (Å²) in [5.74, 6) is -0.707. The van der Waals surface area contributed by atoms with Crippen LogP contribution in [0.5, 0.6) is 0 Å². The lowest BCUT2D eigenvalue weighted by atomic mass is 9.86. The molecule has 5 nitrogen and oxygen atoms in total. The monoisotopic (exact) mass is 229 g/mol. The summed E-state index contributed by atoms with van der Waals surface area (Å²) < 4.78 is 0. The molecule has 2 N–H and O–H groups in total. The highest BCUT2D eigenvalue weighted by Crippen LogP contribution is 2.23. The van der Waals surface area contributed by atoms with Crippen LogP contribution >= 0.6 is 0 Å². The van der Waals surface area contributed by atoms with Gasteiger partial charge in [-0.3, -0.25) is 9.69 Å². The average Bonchev–Trinajstić information content (AvgIpc) is 2.10. The van der Waals surface area contributed by atoms with Gasteiger partial charge in [-0.05, 0) is 40.7 Å². The van der Waals surface area contributed by atoms with Crippen molar-refractivity contribution in [3.8, 4) is 0 Å². The number of rotatable bonds is 7. The second-order valence-corrected chi connectivity index (χ2v) is 4.98. The summed E-state index contributed by atoms with van der Waals surface area (Å²) in [6, 6.07) is 0. The van der Waals surface area contributed by atoms with E-state index in [2.05, 4.69) is 29.2 Å². The van der Waals surface area contributed by atoms with Crippen LogP contribution in [0.2, 0.25) is 0 Å². The number of carboxylic acid groups (broad SMARTS) is 1. The van der Waals surface area contributed by atoms with Gasteiger partial charge in [-0.1, -0.05) is 0 Å². The normalized spacial score (nSPS) is 18.8. The van der Waals surface area contributed by atoms with Crippen LogP contribution in [0, 0.1) is 0 Å². The molecule has 16 heavy (non-hydrogen) atoms. The van der Waals surface area contributed by atoms with Crippen LogP contribution in [0.15, 0.2) is 0 Å². The number of nitrogens with one attached hydrogen (secondary N) is 1. The van der Waals surface area contributed by atoms with E-state index in [1.54, 1.807) is 0 Å². The summed E-state index contributed by atoms with van der Waals surface area (Å²) in [6.07, 6.45) is 1.31. The molecule has 1 heterocycles. The van der Waals surface area contributed by atoms with Crippen LogP contribution in [-0.2, 0) is 4.79 Å². The first-order valence-electron chi connectivity index (χ1n) is 5.75. The third kappa shape index (κ3) is 3.43. The summed E-state index contributed by atoms with van der Waals surface area (Å²) in [5, 5.41) is 12.1. The first kappa shape index (κ1) is 13.4. The van der Waals surface area contributed by atoms with Gasteiger partial charge < -0.3 is 15.3 Å². The summed E-state index contributed by atoms with van der Waals surface area (Å²) in [6.45, 7) is 3.57.